The summed E-state index contributed by atoms with van der Waals surface area (Å²) in [5, 5.41) is 8.88. The number of carboxylic acids is 1. The summed E-state index contributed by atoms with van der Waals surface area (Å²) in [5.41, 5.74) is 5.33. The number of aliphatic carboxylic acids is 1. The van der Waals surface area contributed by atoms with Gasteiger partial charge in [-0.15, -0.1) is 0 Å². The number of nitrogens with two attached hydrogens (primary N) is 1. The van der Waals surface area contributed by atoms with Crippen LogP contribution in [0.5, 0.6) is 0 Å². The van der Waals surface area contributed by atoms with Crippen LogP contribution in [-0.2, 0) is 37.5 Å². The maximum atomic E-state index is 12.6. The summed E-state index contributed by atoms with van der Waals surface area (Å²) in [6, 6.07) is -1.53. The van der Waals surface area contributed by atoms with Crippen LogP contribution in [0.4, 0.5) is 0 Å². The summed E-state index contributed by atoms with van der Waals surface area (Å²) in [6.45, 7) is 2.75. The zero-order chi connectivity index (χ0) is 40.7. The minimum Gasteiger partial charge on any atom is -0.480 e. The maximum Gasteiger partial charge on any atom is 0.472 e. The molecule has 3 atom stereocenters. The Morgan fingerprint density at radius 3 is 1.49 bits per heavy atom. The zero-order valence-corrected chi connectivity index (χ0v) is 35.4. The Balaban J connectivity index is 4.44. The van der Waals surface area contributed by atoms with Crippen LogP contribution in [-0.4, -0.2) is 59.9 Å². The van der Waals surface area contributed by atoms with Gasteiger partial charge in [0.15, 0.2) is 6.10 Å². The number of phosphoric ester groups is 1. The summed E-state index contributed by atoms with van der Waals surface area (Å²) in [4.78, 5) is 45.9. The van der Waals surface area contributed by atoms with E-state index >= 15 is 0 Å². The van der Waals surface area contributed by atoms with Crippen molar-refractivity contribution in [3.05, 3.63) is 36.5 Å². The predicted octanol–water partition coefficient (Wildman–Crippen LogP) is 11.2. The lowest BCUT2D eigenvalue weighted by molar-refractivity contribution is -0.161. The van der Waals surface area contributed by atoms with Crippen molar-refractivity contribution < 1.29 is 47.5 Å². The van der Waals surface area contributed by atoms with E-state index in [2.05, 4.69) is 48.8 Å². The Labute approximate surface area is 333 Å². The van der Waals surface area contributed by atoms with Crippen molar-refractivity contribution in [3.63, 3.8) is 0 Å². The first-order valence-electron chi connectivity index (χ1n) is 21.5. The van der Waals surface area contributed by atoms with E-state index in [1.165, 1.54) is 103 Å². The third-order valence-electron chi connectivity index (χ3n) is 9.14. The average molecular weight is 800 g/mol. The molecule has 0 saturated carbocycles. The highest BCUT2D eigenvalue weighted by molar-refractivity contribution is 7.47. The summed E-state index contributed by atoms with van der Waals surface area (Å²) in [6.07, 6.45) is 40.7. The monoisotopic (exact) mass is 800 g/mol. The highest BCUT2D eigenvalue weighted by atomic mass is 31.2. The standard InChI is InChI=1S/C43H78NO10P/c1-3-5-7-9-11-13-15-17-19-20-21-23-24-26-28-30-32-34-41(45)51-36-39(37-52-55(49,50)53-38-40(44)43(47)48)54-42(46)35-33-31-29-27-25-22-18-16-14-12-10-8-6-4-2/h17,19,21,23,26,28,39-40H,3-16,18,20,22,24-25,27,29-38,44H2,1-2H3,(H,47,48)(H,49,50)/b19-17+,23-21+,28-26+/t39-,40+/m1/s1. The summed E-state index contributed by atoms with van der Waals surface area (Å²) < 4.78 is 32.6. The number of carbonyl (C=O) groups is 3. The van der Waals surface area contributed by atoms with Crippen LogP contribution in [0.2, 0.25) is 0 Å². The van der Waals surface area contributed by atoms with Crippen LogP contribution in [0.1, 0.15) is 187 Å². The molecule has 0 aliphatic rings. The zero-order valence-electron chi connectivity index (χ0n) is 34.5. The highest BCUT2D eigenvalue weighted by Crippen LogP contribution is 2.43. The summed E-state index contributed by atoms with van der Waals surface area (Å²) in [5.74, 6) is -2.44. The number of carboxylic acid groups (broad SMARTS) is 1. The number of unbranched alkanes of at least 4 members (excludes halogenated alkanes) is 20. The lowest BCUT2D eigenvalue weighted by Gasteiger charge is -2.20. The third kappa shape index (κ3) is 38.4. The molecule has 12 heteroatoms. The Hall–Kier alpha value is -2.30. The van der Waals surface area contributed by atoms with Crippen molar-refractivity contribution in [2.24, 2.45) is 5.73 Å². The maximum absolute atomic E-state index is 12.6. The van der Waals surface area contributed by atoms with Crippen LogP contribution >= 0.6 is 7.82 Å². The molecule has 4 N–H and O–H groups in total. The molecule has 1 unspecified atom stereocenters. The fourth-order valence-corrected chi connectivity index (χ4v) is 6.51. The van der Waals surface area contributed by atoms with Gasteiger partial charge in [-0.05, 0) is 44.9 Å². The smallest absolute Gasteiger partial charge is 0.472 e. The van der Waals surface area contributed by atoms with E-state index < -0.39 is 51.1 Å². The van der Waals surface area contributed by atoms with Gasteiger partial charge in [0.25, 0.3) is 0 Å². The Morgan fingerprint density at radius 1 is 0.564 bits per heavy atom. The van der Waals surface area contributed by atoms with E-state index in [-0.39, 0.29) is 19.4 Å². The fraction of sp³-hybridized carbons (Fsp3) is 0.791. The van der Waals surface area contributed by atoms with E-state index in [1.807, 2.05) is 6.08 Å². The number of hydrogen-bond donors (Lipinski definition) is 3. The number of ether oxygens (including phenoxy) is 2. The number of hydrogen-bond acceptors (Lipinski definition) is 9. The van der Waals surface area contributed by atoms with Crippen LogP contribution in [0, 0.1) is 0 Å². The van der Waals surface area contributed by atoms with E-state index in [0.717, 1.165) is 38.5 Å². The third-order valence-corrected chi connectivity index (χ3v) is 10.1. The molecule has 320 valence electrons. The fourth-order valence-electron chi connectivity index (χ4n) is 5.73. The van der Waals surface area contributed by atoms with Crippen molar-refractivity contribution in [3.8, 4) is 0 Å². The molecule has 0 aromatic rings. The van der Waals surface area contributed by atoms with E-state index in [0.29, 0.717) is 19.3 Å². The second-order valence-electron chi connectivity index (χ2n) is 14.5. The van der Waals surface area contributed by atoms with Gasteiger partial charge in [-0.2, -0.15) is 0 Å². The molecule has 0 heterocycles. The SMILES string of the molecule is CCCCCCCC/C=C/C/C=C/C/C=C/CCCC(=O)OC[C@H](COP(=O)(O)OC[C@H](N)C(=O)O)OC(=O)CCCCCCCCCCCCCCCC. The molecule has 0 aliphatic carbocycles. The molecule has 0 aliphatic heterocycles. The van der Waals surface area contributed by atoms with Gasteiger partial charge in [0.1, 0.15) is 12.6 Å². The van der Waals surface area contributed by atoms with Gasteiger partial charge in [-0.1, -0.05) is 166 Å². The lowest BCUT2D eigenvalue weighted by atomic mass is 10.0. The van der Waals surface area contributed by atoms with E-state index in [1.54, 1.807) is 0 Å². The first-order valence-corrected chi connectivity index (χ1v) is 23.0. The average Bonchev–Trinajstić information content (AvgIpc) is 3.16. The van der Waals surface area contributed by atoms with Gasteiger partial charge in [-0.25, -0.2) is 4.57 Å². The molecule has 0 aromatic heterocycles. The van der Waals surface area contributed by atoms with Gasteiger partial charge in [0, 0.05) is 12.8 Å². The molecule has 0 bridgehead atoms. The molecule has 0 amide bonds. The molecule has 0 rings (SSSR count). The molecule has 0 aromatic carbocycles. The van der Waals surface area contributed by atoms with Crippen molar-refractivity contribution in [1.29, 1.82) is 0 Å². The van der Waals surface area contributed by atoms with Gasteiger partial charge < -0.3 is 25.2 Å². The van der Waals surface area contributed by atoms with Crippen LogP contribution in [0.25, 0.3) is 0 Å². The van der Waals surface area contributed by atoms with Crippen molar-refractivity contribution in [2.75, 3.05) is 19.8 Å². The number of phosphoric acid groups is 1. The Bertz CT molecular complexity index is 1080. The minimum atomic E-state index is -4.72. The predicted molar refractivity (Wildman–Crippen MR) is 222 cm³/mol. The normalized spacial score (nSPS) is 14.1. The Morgan fingerprint density at radius 2 is 0.982 bits per heavy atom. The molecule has 0 spiro atoms. The molecule has 0 radical (unpaired) electrons. The largest absolute Gasteiger partial charge is 0.480 e. The van der Waals surface area contributed by atoms with Gasteiger partial charge in [0.2, 0.25) is 0 Å². The van der Waals surface area contributed by atoms with Crippen LogP contribution < -0.4 is 5.73 Å². The first kappa shape index (κ1) is 52.7. The van der Waals surface area contributed by atoms with Crippen LogP contribution in [0.15, 0.2) is 36.5 Å². The van der Waals surface area contributed by atoms with Crippen LogP contribution in [0.3, 0.4) is 0 Å². The molecule has 0 fully saturated rings. The summed E-state index contributed by atoms with van der Waals surface area (Å²) in [7, 11) is -4.72. The van der Waals surface area contributed by atoms with Gasteiger partial charge >= 0.3 is 25.7 Å². The van der Waals surface area contributed by atoms with Gasteiger partial charge in [-0.3, -0.25) is 23.4 Å². The molecular weight excluding hydrogens is 721 g/mol. The first-order chi connectivity index (χ1) is 26.6. The topological polar surface area (TPSA) is 172 Å². The summed E-state index contributed by atoms with van der Waals surface area (Å²) >= 11 is 0. The molecule has 55 heavy (non-hydrogen) atoms. The quantitative estimate of drug-likeness (QED) is 0.0233. The lowest BCUT2D eigenvalue weighted by Crippen LogP contribution is -2.34. The second kappa shape index (κ2) is 38.6. The molecule has 11 nitrogen and oxygen atoms in total. The number of carbonyl (C=O) groups excluding carboxylic acids is 2. The van der Waals surface area contributed by atoms with Gasteiger partial charge in [0.05, 0.1) is 13.2 Å². The number of esters is 2. The number of allylic oxidation sites excluding steroid dienone is 6. The van der Waals surface area contributed by atoms with E-state index in [4.69, 9.17) is 24.8 Å². The van der Waals surface area contributed by atoms with E-state index in [9.17, 15) is 23.8 Å². The Kier molecular flexibility index (Phi) is 37.0. The van der Waals surface area contributed by atoms with Crippen molar-refractivity contribution in [1.82, 2.24) is 0 Å². The second-order valence-corrected chi connectivity index (χ2v) is 15.9. The minimum absolute atomic E-state index is 0.152. The molecular formula is C43H78NO10P. The molecule has 0 saturated heterocycles. The van der Waals surface area contributed by atoms with Crippen molar-refractivity contribution >= 4 is 25.7 Å². The highest BCUT2D eigenvalue weighted by Gasteiger charge is 2.28. The number of rotatable bonds is 40. The van der Waals surface area contributed by atoms with Crippen molar-refractivity contribution in [2.45, 2.75) is 199 Å².